The van der Waals surface area contributed by atoms with E-state index in [4.69, 9.17) is 0 Å². The molecule has 110 valence electrons. The van der Waals surface area contributed by atoms with Gasteiger partial charge in [0.2, 0.25) is 0 Å². The molecule has 3 heterocycles. The number of nitrogens with zero attached hydrogens (tertiary/aromatic N) is 4. The molecule has 9 heteroatoms. The fourth-order valence-electron chi connectivity index (χ4n) is 1.86. The Morgan fingerprint density at radius 3 is 2.81 bits per heavy atom. The Hall–Kier alpha value is -2.16. The maximum atomic E-state index is 12.7. The quantitative estimate of drug-likeness (QED) is 0.805. The largest absolute Gasteiger partial charge is 0.435 e. The summed E-state index contributed by atoms with van der Waals surface area (Å²) < 4.78 is 39.2. The number of fused-ring (bicyclic) bond motifs is 1. The van der Waals surface area contributed by atoms with Crippen molar-refractivity contribution in [2.45, 2.75) is 12.6 Å². The van der Waals surface area contributed by atoms with E-state index in [1.807, 2.05) is 5.38 Å². The number of nitrogens with one attached hydrogen (secondary N) is 1. The van der Waals surface area contributed by atoms with E-state index in [1.165, 1.54) is 28.2 Å². The van der Waals surface area contributed by atoms with Crippen LogP contribution >= 0.6 is 11.3 Å². The van der Waals surface area contributed by atoms with Crippen molar-refractivity contribution >= 4 is 22.7 Å². The van der Waals surface area contributed by atoms with E-state index < -0.39 is 11.9 Å². The van der Waals surface area contributed by atoms with E-state index >= 15 is 0 Å². The van der Waals surface area contributed by atoms with Crippen molar-refractivity contribution in [3.63, 3.8) is 0 Å². The van der Waals surface area contributed by atoms with Crippen LogP contribution in [0.4, 0.5) is 19.0 Å². The van der Waals surface area contributed by atoms with Crippen LogP contribution in [-0.2, 0) is 12.6 Å². The third-order valence-corrected chi connectivity index (χ3v) is 3.63. The van der Waals surface area contributed by atoms with Crippen molar-refractivity contribution in [1.29, 1.82) is 0 Å². The zero-order valence-electron chi connectivity index (χ0n) is 10.6. The number of hydrogen-bond acceptors (Lipinski definition) is 5. The smallest absolute Gasteiger partial charge is 0.368 e. The Morgan fingerprint density at radius 1 is 1.24 bits per heavy atom. The molecule has 0 amide bonds. The van der Waals surface area contributed by atoms with Gasteiger partial charge >= 0.3 is 6.18 Å². The lowest BCUT2D eigenvalue weighted by Gasteiger charge is -2.05. The highest BCUT2D eigenvalue weighted by atomic mass is 32.1. The first-order valence-electron chi connectivity index (χ1n) is 6.08. The number of thiazole rings is 1. The lowest BCUT2D eigenvalue weighted by molar-refractivity contribution is -0.141. The van der Waals surface area contributed by atoms with E-state index in [-0.39, 0.29) is 0 Å². The summed E-state index contributed by atoms with van der Waals surface area (Å²) in [6.07, 6.45) is 0.721. The first kappa shape index (κ1) is 13.8. The molecule has 0 saturated heterocycles. The van der Waals surface area contributed by atoms with Gasteiger partial charge in [-0.3, -0.25) is 0 Å². The first-order valence-corrected chi connectivity index (χ1v) is 6.96. The Balaban J connectivity index is 1.80. The molecule has 5 nitrogen and oxygen atoms in total. The van der Waals surface area contributed by atoms with Crippen molar-refractivity contribution < 1.29 is 13.2 Å². The maximum absolute atomic E-state index is 12.7. The minimum atomic E-state index is -4.47. The summed E-state index contributed by atoms with van der Waals surface area (Å²) in [6, 6.07) is 0.985. The zero-order chi connectivity index (χ0) is 14.9. The standard InChI is InChI=1S/C12H10F3N5S/c13-12(14,15)9-7-8-11(18-3-5-20(8)19-9)17-2-1-10-16-4-6-21-10/h3-7H,1-2H2,(H,17,18). The number of hydrogen-bond donors (Lipinski definition) is 1. The molecule has 0 unspecified atom stereocenters. The summed E-state index contributed by atoms with van der Waals surface area (Å²) in [5.74, 6) is 0.372. The van der Waals surface area contributed by atoms with Crippen molar-refractivity contribution in [1.82, 2.24) is 19.6 Å². The van der Waals surface area contributed by atoms with Gasteiger partial charge in [-0.2, -0.15) is 18.3 Å². The molecule has 0 saturated carbocycles. The molecule has 0 atom stereocenters. The van der Waals surface area contributed by atoms with E-state index in [1.54, 1.807) is 6.20 Å². The van der Waals surface area contributed by atoms with Crippen LogP contribution in [0, 0.1) is 0 Å². The van der Waals surface area contributed by atoms with E-state index in [2.05, 4.69) is 20.4 Å². The third-order valence-electron chi connectivity index (χ3n) is 2.80. The second-order valence-electron chi connectivity index (χ2n) is 4.24. The molecular formula is C12H10F3N5S. The zero-order valence-corrected chi connectivity index (χ0v) is 11.4. The number of aromatic nitrogens is 4. The van der Waals surface area contributed by atoms with Gasteiger partial charge in [0.15, 0.2) is 11.5 Å². The fraction of sp³-hybridized carbons (Fsp3) is 0.250. The van der Waals surface area contributed by atoms with Crippen molar-refractivity contribution in [3.8, 4) is 0 Å². The van der Waals surface area contributed by atoms with E-state index in [0.717, 1.165) is 11.1 Å². The predicted octanol–water partition coefficient (Wildman–Crippen LogP) is 2.86. The number of anilines is 1. The summed E-state index contributed by atoms with van der Waals surface area (Å²) in [7, 11) is 0. The Labute approximate surface area is 121 Å². The number of halogens is 3. The Morgan fingerprint density at radius 2 is 2.10 bits per heavy atom. The molecule has 0 spiro atoms. The lowest BCUT2D eigenvalue weighted by atomic mass is 10.3. The van der Waals surface area contributed by atoms with Crippen molar-refractivity contribution in [2.24, 2.45) is 0 Å². The molecule has 0 bridgehead atoms. The molecule has 3 aromatic rings. The topological polar surface area (TPSA) is 55.1 Å². The molecular weight excluding hydrogens is 303 g/mol. The maximum Gasteiger partial charge on any atom is 0.435 e. The van der Waals surface area contributed by atoms with Crippen LogP contribution in [0.1, 0.15) is 10.7 Å². The van der Waals surface area contributed by atoms with Gasteiger partial charge in [-0.05, 0) is 0 Å². The minimum Gasteiger partial charge on any atom is -0.368 e. The molecule has 3 aromatic heterocycles. The van der Waals surface area contributed by atoms with Crippen LogP contribution in [0.2, 0.25) is 0 Å². The predicted molar refractivity (Wildman–Crippen MR) is 72.3 cm³/mol. The van der Waals surface area contributed by atoms with E-state index in [9.17, 15) is 13.2 Å². The van der Waals surface area contributed by atoms with Gasteiger partial charge in [0.1, 0.15) is 5.52 Å². The summed E-state index contributed by atoms with van der Waals surface area (Å²) in [6.45, 7) is 0.534. The molecule has 0 aliphatic rings. The van der Waals surface area contributed by atoms with Crippen molar-refractivity contribution in [2.75, 3.05) is 11.9 Å². The summed E-state index contributed by atoms with van der Waals surface area (Å²) in [4.78, 5) is 8.20. The summed E-state index contributed by atoms with van der Waals surface area (Å²) >= 11 is 1.53. The lowest BCUT2D eigenvalue weighted by Crippen LogP contribution is -2.07. The van der Waals surface area contributed by atoms with Gasteiger partial charge in [-0.25, -0.2) is 14.5 Å². The molecule has 0 aliphatic carbocycles. The third kappa shape index (κ3) is 2.97. The first-order chi connectivity index (χ1) is 10.0. The highest BCUT2D eigenvalue weighted by Gasteiger charge is 2.34. The minimum absolute atomic E-state index is 0.295. The molecule has 0 aliphatic heterocycles. The number of rotatable bonds is 4. The SMILES string of the molecule is FC(F)(F)c1cc2c(NCCc3nccs3)nccn2n1. The van der Waals surface area contributed by atoms with E-state index in [0.29, 0.717) is 24.3 Å². The van der Waals surface area contributed by atoms with Gasteiger partial charge in [0.05, 0.1) is 5.01 Å². The number of alkyl halides is 3. The molecule has 0 fully saturated rings. The van der Waals surface area contributed by atoms with Crippen molar-refractivity contribution in [3.05, 3.63) is 40.7 Å². The fourth-order valence-corrected chi connectivity index (χ4v) is 2.48. The summed E-state index contributed by atoms with van der Waals surface area (Å²) in [5.41, 5.74) is -0.637. The Bertz CT molecular complexity index is 735. The highest BCUT2D eigenvalue weighted by Crippen LogP contribution is 2.29. The average Bonchev–Trinajstić information content (AvgIpc) is 3.06. The van der Waals surface area contributed by atoms with Gasteiger partial charge in [-0.15, -0.1) is 11.3 Å². The molecule has 3 rings (SSSR count). The van der Waals surface area contributed by atoms with Gasteiger partial charge in [0.25, 0.3) is 0 Å². The second-order valence-corrected chi connectivity index (χ2v) is 5.21. The molecule has 1 N–H and O–H groups in total. The van der Waals surface area contributed by atoms with Crippen LogP contribution in [0.5, 0.6) is 0 Å². The molecule has 21 heavy (non-hydrogen) atoms. The van der Waals surface area contributed by atoms with Crippen LogP contribution < -0.4 is 5.32 Å². The van der Waals surface area contributed by atoms with Crippen LogP contribution in [0.25, 0.3) is 5.52 Å². The molecule has 0 aromatic carbocycles. The summed E-state index contributed by atoms with van der Waals surface area (Å²) in [5, 5.41) is 9.36. The van der Waals surface area contributed by atoms with Crippen LogP contribution in [0.15, 0.2) is 30.0 Å². The second kappa shape index (κ2) is 5.32. The van der Waals surface area contributed by atoms with Gasteiger partial charge < -0.3 is 5.32 Å². The van der Waals surface area contributed by atoms with Gasteiger partial charge in [0, 0.05) is 43.0 Å². The average molecular weight is 313 g/mol. The normalized spacial score (nSPS) is 12.0. The van der Waals surface area contributed by atoms with Crippen LogP contribution in [0.3, 0.4) is 0 Å². The highest BCUT2D eigenvalue weighted by molar-refractivity contribution is 7.09. The van der Waals surface area contributed by atoms with Gasteiger partial charge in [-0.1, -0.05) is 0 Å². The Kier molecular flexibility index (Phi) is 3.50. The monoisotopic (exact) mass is 313 g/mol. The molecule has 0 radical (unpaired) electrons. The van der Waals surface area contributed by atoms with Crippen LogP contribution in [-0.4, -0.2) is 26.1 Å².